The van der Waals surface area contributed by atoms with Crippen LogP contribution in [0.4, 0.5) is 19.0 Å². The number of amides is 1. The van der Waals surface area contributed by atoms with E-state index in [1.54, 1.807) is 0 Å². The zero-order valence-electron chi connectivity index (χ0n) is 21.6. The van der Waals surface area contributed by atoms with E-state index in [4.69, 9.17) is 9.47 Å². The minimum absolute atomic E-state index is 0.0677. The number of aromatic nitrogens is 4. The van der Waals surface area contributed by atoms with Crippen molar-refractivity contribution in [2.75, 3.05) is 11.9 Å². The quantitative estimate of drug-likeness (QED) is 0.201. The summed E-state index contributed by atoms with van der Waals surface area (Å²) in [6.07, 6.45) is 1.63. The summed E-state index contributed by atoms with van der Waals surface area (Å²) >= 11 is 0. The van der Waals surface area contributed by atoms with E-state index >= 15 is 0 Å². The van der Waals surface area contributed by atoms with Crippen molar-refractivity contribution in [2.45, 2.75) is 12.6 Å². The largest absolute Gasteiger partial charge is 0.458 e. The Kier molecular flexibility index (Phi) is 8.18. The van der Waals surface area contributed by atoms with Crippen LogP contribution in [-0.2, 0) is 16.0 Å². The molecular formula is C29H21F3N5O5+. The molecule has 0 saturated carbocycles. The lowest BCUT2D eigenvalue weighted by molar-refractivity contribution is -0.682. The monoisotopic (exact) mass is 576 g/mol. The number of fused-ring (bicyclic) bond motifs is 1. The number of carbonyl (C=O) groups excluding carboxylic acids is 3. The number of aromatic amines is 1. The highest BCUT2D eigenvalue weighted by Gasteiger charge is 2.25. The smallest absolute Gasteiger partial charge is 0.338 e. The number of carbonyl (C=O) groups is 3. The lowest BCUT2D eigenvalue weighted by Crippen LogP contribution is -2.45. The second-order valence-corrected chi connectivity index (χ2v) is 8.95. The summed E-state index contributed by atoms with van der Waals surface area (Å²) in [7, 11) is 0. The molecule has 1 atom stereocenters. The molecule has 5 rings (SSSR count). The molecule has 3 aromatic carbocycles. The first-order chi connectivity index (χ1) is 20.3. The van der Waals surface area contributed by atoms with Gasteiger partial charge in [-0.3, -0.25) is 10.1 Å². The third-order valence-electron chi connectivity index (χ3n) is 6.03. The molecule has 0 spiro atoms. The number of rotatable bonds is 9. The Balaban J connectivity index is 1.36. The van der Waals surface area contributed by atoms with E-state index in [0.29, 0.717) is 11.2 Å². The van der Waals surface area contributed by atoms with E-state index in [-0.39, 0.29) is 29.1 Å². The van der Waals surface area contributed by atoms with E-state index in [2.05, 4.69) is 20.3 Å². The van der Waals surface area contributed by atoms with E-state index in [9.17, 15) is 27.6 Å². The van der Waals surface area contributed by atoms with Crippen molar-refractivity contribution in [3.63, 3.8) is 0 Å². The molecule has 0 aliphatic carbocycles. The number of nitrogens with one attached hydrogen (secondary N) is 2. The third kappa shape index (κ3) is 6.58. The number of imidazole rings is 1. The highest BCUT2D eigenvalue weighted by Crippen LogP contribution is 2.16. The molecule has 10 nitrogen and oxygen atoms in total. The zero-order chi connectivity index (χ0) is 29.6. The van der Waals surface area contributed by atoms with Gasteiger partial charge in [-0.25, -0.2) is 27.3 Å². The van der Waals surface area contributed by atoms with Crippen LogP contribution in [0.25, 0.3) is 11.2 Å². The van der Waals surface area contributed by atoms with Crippen molar-refractivity contribution in [2.24, 2.45) is 0 Å². The molecular weight excluding hydrogens is 555 g/mol. The van der Waals surface area contributed by atoms with Gasteiger partial charge in [0.2, 0.25) is 12.1 Å². The lowest BCUT2D eigenvalue weighted by Gasteiger charge is -2.18. The summed E-state index contributed by atoms with van der Waals surface area (Å²) in [6.45, 7) is -0.491. The number of benzene rings is 3. The van der Waals surface area contributed by atoms with Crippen LogP contribution in [0.1, 0.15) is 31.1 Å². The van der Waals surface area contributed by atoms with Crippen LogP contribution in [0.5, 0.6) is 0 Å². The summed E-state index contributed by atoms with van der Waals surface area (Å²) in [5.41, 5.74) is 1.01. The first-order valence-corrected chi connectivity index (χ1v) is 12.4. The Labute approximate surface area is 235 Å². The molecule has 0 unspecified atom stereocenters. The Morgan fingerprint density at radius 2 is 1.33 bits per heavy atom. The van der Waals surface area contributed by atoms with E-state index in [1.807, 2.05) is 0 Å². The maximum absolute atomic E-state index is 13.3. The summed E-state index contributed by atoms with van der Waals surface area (Å²) in [5, 5.41) is 2.64. The molecule has 0 aliphatic heterocycles. The van der Waals surface area contributed by atoms with Crippen LogP contribution >= 0.6 is 0 Å². The highest BCUT2D eigenvalue weighted by atomic mass is 19.1. The fourth-order valence-corrected chi connectivity index (χ4v) is 3.92. The Morgan fingerprint density at radius 1 is 0.786 bits per heavy atom. The average molecular weight is 577 g/mol. The molecule has 2 aromatic heterocycles. The molecule has 42 heavy (non-hydrogen) atoms. The second kappa shape index (κ2) is 12.3. The van der Waals surface area contributed by atoms with Crippen molar-refractivity contribution in [1.29, 1.82) is 0 Å². The zero-order valence-corrected chi connectivity index (χ0v) is 21.6. The Bertz CT molecular complexity index is 1740. The molecule has 0 aliphatic rings. The average Bonchev–Trinajstić information content (AvgIpc) is 3.49. The van der Waals surface area contributed by atoms with Gasteiger partial charge in [-0.2, -0.15) is 0 Å². The van der Waals surface area contributed by atoms with Gasteiger partial charge in [-0.05, 0) is 72.8 Å². The van der Waals surface area contributed by atoms with Crippen molar-refractivity contribution in [3.8, 4) is 0 Å². The van der Waals surface area contributed by atoms with Crippen molar-refractivity contribution >= 4 is 34.8 Å². The molecule has 13 heteroatoms. The maximum atomic E-state index is 13.3. The van der Waals surface area contributed by atoms with Crippen LogP contribution in [0.3, 0.4) is 0 Å². The van der Waals surface area contributed by atoms with Crippen LogP contribution in [0.2, 0.25) is 0 Å². The lowest BCUT2D eigenvalue weighted by atomic mass is 10.2. The van der Waals surface area contributed by atoms with Crippen LogP contribution < -0.4 is 9.88 Å². The number of anilines is 1. The number of hydrogen-bond donors (Lipinski definition) is 2. The normalized spacial score (nSPS) is 11.6. The van der Waals surface area contributed by atoms with Gasteiger partial charge in [0, 0.05) is 5.56 Å². The first kappa shape index (κ1) is 28.0. The van der Waals surface area contributed by atoms with Gasteiger partial charge < -0.3 is 14.5 Å². The molecule has 212 valence electrons. The number of halogens is 3. The fourth-order valence-electron chi connectivity index (χ4n) is 3.92. The summed E-state index contributed by atoms with van der Waals surface area (Å²) in [5.74, 6) is -3.52. The van der Waals surface area contributed by atoms with Crippen molar-refractivity contribution < 1.29 is 41.6 Å². The number of ether oxygens (including phenoxy) is 2. The molecule has 1 amide bonds. The van der Waals surface area contributed by atoms with Crippen LogP contribution in [0.15, 0.2) is 85.5 Å². The number of H-pyrrole nitrogens is 1. The Hall–Kier alpha value is -5.59. The molecule has 2 heterocycles. The van der Waals surface area contributed by atoms with Gasteiger partial charge in [-0.15, -0.1) is 0 Å². The van der Waals surface area contributed by atoms with Gasteiger partial charge in [0.1, 0.15) is 30.6 Å². The molecule has 0 fully saturated rings. The SMILES string of the molecule is O=C(Nc1nc[n+](C[C@H](COC(=O)c2ccc(F)cc2)OC(=O)c2ccc(F)cc2)c2nc[nH]c12)c1ccc(F)cc1. The number of hydrogen-bond acceptors (Lipinski definition) is 7. The van der Waals surface area contributed by atoms with Gasteiger partial charge in [0.25, 0.3) is 11.6 Å². The predicted molar refractivity (Wildman–Crippen MR) is 141 cm³/mol. The van der Waals surface area contributed by atoms with Crippen molar-refractivity contribution in [1.82, 2.24) is 15.0 Å². The van der Waals surface area contributed by atoms with Gasteiger partial charge in [0.05, 0.1) is 11.1 Å². The first-order valence-electron chi connectivity index (χ1n) is 12.4. The topological polar surface area (TPSA) is 127 Å². The van der Waals surface area contributed by atoms with Crippen LogP contribution in [0, 0.1) is 17.5 Å². The second-order valence-electron chi connectivity index (χ2n) is 8.95. The third-order valence-corrected chi connectivity index (χ3v) is 6.03. The van der Waals surface area contributed by atoms with E-state index < -0.39 is 48.0 Å². The van der Waals surface area contributed by atoms with Crippen LogP contribution in [-0.4, -0.2) is 45.5 Å². The van der Waals surface area contributed by atoms with Gasteiger partial charge in [0.15, 0.2) is 17.9 Å². The minimum Gasteiger partial charge on any atom is -0.458 e. The van der Waals surface area contributed by atoms with Gasteiger partial charge in [-0.1, -0.05) is 9.97 Å². The number of esters is 2. The summed E-state index contributed by atoms with van der Waals surface area (Å²) in [4.78, 5) is 49.4. The highest BCUT2D eigenvalue weighted by molar-refractivity contribution is 6.06. The van der Waals surface area contributed by atoms with E-state index in [0.717, 1.165) is 36.4 Å². The molecule has 0 saturated heterocycles. The fraction of sp³-hybridized carbons (Fsp3) is 0.103. The standard InChI is InChI=1S/C29H20F3N5O5/c30-20-7-1-17(2-8-20)27(38)36-25-24-26(34-15-33-24)37(16-35-25)13-23(42-29(40)19-5-11-22(32)12-6-19)14-41-28(39)18-3-9-21(31)10-4-18/h1-12,15-16,23H,13-14H2,(H,33,34,36,38)/p+1/t23-/m1/s1. The molecule has 0 radical (unpaired) electrons. The van der Waals surface area contributed by atoms with E-state index in [1.165, 1.54) is 53.6 Å². The van der Waals surface area contributed by atoms with Gasteiger partial charge >= 0.3 is 11.9 Å². The molecule has 5 aromatic rings. The summed E-state index contributed by atoms with van der Waals surface area (Å²) < 4.78 is 52.3. The van der Waals surface area contributed by atoms with Crippen molar-refractivity contribution in [3.05, 3.63) is 120 Å². The molecule has 0 bridgehead atoms. The molecule has 2 N–H and O–H groups in total. The summed E-state index contributed by atoms with van der Waals surface area (Å²) in [6, 6.07) is 14.4. The maximum Gasteiger partial charge on any atom is 0.338 e. The Morgan fingerprint density at radius 3 is 1.93 bits per heavy atom. The predicted octanol–water partition coefficient (Wildman–Crippen LogP) is 4.00. The minimum atomic E-state index is -1.07. The number of nitrogens with zero attached hydrogens (tertiary/aromatic N) is 3.